The number of hydrogen-bond donors (Lipinski definition) is 6. The molecule has 1 aromatic carbocycles. The highest BCUT2D eigenvalue weighted by Gasteiger charge is 2.30. The molecule has 14 heteroatoms. The van der Waals surface area contributed by atoms with Gasteiger partial charge in [-0.1, -0.05) is 57.4 Å². The number of carbonyl (C=O) groups excluding carboxylic acids is 4. The fourth-order valence-corrected chi connectivity index (χ4v) is 4.28. The highest BCUT2D eigenvalue weighted by atomic mass is 16.5. The lowest BCUT2D eigenvalue weighted by Gasteiger charge is -2.29. The molecule has 0 bridgehead atoms. The SMILES string of the molecule is CCCCCC(C(=O)NCNC(=O)c1ccc(-c2ccc(C=O)cc2)o1)C(CC)N(O)C=O.CNC(CCC(=O)O)C(=O)O. The molecule has 1 heterocycles. The number of likely N-dealkylation sites (N-methyl/N-ethyl adjacent to an activating group) is 1. The molecule has 6 N–H and O–H groups in total. The number of carbonyl (C=O) groups is 6. The van der Waals surface area contributed by atoms with Crippen molar-refractivity contribution in [3.63, 3.8) is 0 Å². The minimum absolute atomic E-state index is 0.0760. The normalized spacial score (nSPS) is 12.5. The number of carboxylic acids is 2. The first kappa shape index (κ1) is 37.5. The van der Waals surface area contributed by atoms with E-state index in [0.29, 0.717) is 35.6 Å². The number of rotatable bonds is 19. The molecule has 0 aliphatic heterocycles. The van der Waals surface area contributed by atoms with Gasteiger partial charge in [0.25, 0.3) is 5.91 Å². The first-order valence-corrected chi connectivity index (χ1v) is 14.3. The second kappa shape index (κ2) is 20.4. The van der Waals surface area contributed by atoms with E-state index in [1.54, 1.807) is 37.3 Å². The van der Waals surface area contributed by atoms with Gasteiger partial charge in [-0.3, -0.25) is 34.0 Å². The highest BCUT2D eigenvalue weighted by molar-refractivity contribution is 5.92. The van der Waals surface area contributed by atoms with Crippen LogP contribution in [0.1, 0.15) is 79.7 Å². The lowest BCUT2D eigenvalue weighted by Crippen LogP contribution is -2.47. The Morgan fingerprint density at radius 3 is 2.16 bits per heavy atom. The summed E-state index contributed by atoms with van der Waals surface area (Å²) in [6.07, 6.45) is 4.65. The second-order valence-corrected chi connectivity index (χ2v) is 9.80. The van der Waals surface area contributed by atoms with E-state index >= 15 is 0 Å². The predicted molar refractivity (Wildman–Crippen MR) is 159 cm³/mol. The largest absolute Gasteiger partial charge is 0.481 e. The Labute approximate surface area is 255 Å². The molecule has 3 unspecified atom stereocenters. The molecular weight excluding hydrogens is 576 g/mol. The zero-order chi connectivity index (χ0) is 33.1. The summed E-state index contributed by atoms with van der Waals surface area (Å²) in [5.41, 5.74) is 1.26. The van der Waals surface area contributed by atoms with E-state index in [9.17, 15) is 34.0 Å². The Hall–Kier alpha value is -4.56. The van der Waals surface area contributed by atoms with Crippen LogP contribution in [0, 0.1) is 5.92 Å². The molecule has 3 amide bonds. The summed E-state index contributed by atoms with van der Waals surface area (Å²) in [4.78, 5) is 67.3. The number of carboxylic acid groups (broad SMARTS) is 2. The third-order valence-electron chi connectivity index (χ3n) is 6.75. The van der Waals surface area contributed by atoms with Crippen LogP contribution >= 0.6 is 0 Å². The maximum atomic E-state index is 12.8. The van der Waals surface area contributed by atoms with Gasteiger partial charge in [0, 0.05) is 17.5 Å². The summed E-state index contributed by atoms with van der Waals surface area (Å²) in [5, 5.41) is 34.8. The first-order valence-electron chi connectivity index (χ1n) is 14.3. The standard InChI is InChI=1S/C24H31N3O6.C6H11NO4/c1-3-5-6-7-19(20(4-2)27(32)16-29)23(30)25-15-26-24(31)22-13-12-21(33-22)18-10-8-17(14-28)9-11-18;1-7-4(6(10)11)2-3-5(8)9/h8-14,16,19-20,32H,3-7,15H2,1-2H3,(H,25,30)(H,26,31);4,7H,2-3H2,1H3,(H,8,9)(H,10,11). The van der Waals surface area contributed by atoms with Crippen LogP contribution in [-0.4, -0.2) is 82.7 Å². The van der Waals surface area contributed by atoms with Gasteiger partial charge in [-0.25, -0.2) is 5.06 Å². The van der Waals surface area contributed by atoms with Crippen LogP contribution < -0.4 is 16.0 Å². The van der Waals surface area contributed by atoms with Crippen LogP contribution in [-0.2, 0) is 19.2 Å². The summed E-state index contributed by atoms with van der Waals surface area (Å²) in [7, 11) is 1.49. The van der Waals surface area contributed by atoms with E-state index in [0.717, 1.165) is 31.1 Å². The van der Waals surface area contributed by atoms with Crippen LogP contribution in [0.3, 0.4) is 0 Å². The number of hydrogen-bond acceptors (Lipinski definition) is 9. The molecule has 1 aromatic heterocycles. The number of furan rings is 1. The van der Waals surface area contributed by atoms with E-state index in [-0.39, 0.29) is 31.2 Å². The predicted octanol–water partition coefficient (Wildman–Crippen LogP) is 2.91. The van der Waals surface area contributed by atoms with Gasteiger partial charge in [0.05, 0.1) is 18.6 Å². The van der Waals surface area contributed by atoms with Crippen LogP contribution in [0.4, 0.5) is 0 Å². The molecule has 3 atom stereocenters. The number of nitrogens with zero attached hydrogens (tertiary/aromatic N) is 1. The van der Waals surface area contributed by atoms with Crippen molar-refractivity contribution in [1.82, 2.24) is 21.0 Å². The number of unbranched alkanes of at least 4 members (excludes halogenated alkanes) is 2. The molecule has 44 heavy (non-hydrogen) atoms. The lowest BCUT2D eigenvalue weighted by atomic mass is 9.90. The molecular formula is C30H42N4O10. The number of amides is 3. The average molecular weight is 619 g/mol. The van der Waals surface area contributed by atoms with Crippen molar-refractivity contribution in [3.8, 4) is 11.3 Å². The number of aldehydes is 1. The third-order valence-corrected chi connectivity index (χ3v) is 6.75. The zero-order valence-electron chi connectivity index (χ0n) is 25.2. The van der Waals surface area contributed by atoms with Gasteiger partial charge in [0.15, 0.2) is 5.76 Å². The summed E-state index contributed by atoms with van der Waals surface area (Å²) in [6, 6.07) is 8.51. The molecule has 0 aliphatic carbocycles. The summed E-state index contributed by atoms with van der Waals surface area (Å²) < 4.78 is 5.59. The fraction of sp³-hybridized carbons (Fsp3) is 0.467. The van der Waals surface area contributed by atoms with Crippen molar-refractivity contribution in [2.75, 3.05) is 13.7 Å². The van der Waals surface area contributed by atoms with Gasteiger partial charge in [0.2, 0.25) is 12.3 Å². The number of aliphatic carboxylic acids is 2. The zero-order valence-corrected chi connectivity index (χ0v) is 25.2. The molecule has 0 saturated heterocycles. The topological polar surface area (TPSA) is 216 Å². The second-order valence-electron chi connectivity index (χ2n) is 9.80. The van der Waals surface area contributed by atoms with E-state index in [2.05, 4.69) is 16.0 Å². The molecule has 0 radical (unpaired) electrons. The molecule has 0 fully saturated rings. The molecule has 242 valence electrons. The smallest absolute Gasteiger partial charge is 0.320 e. The minimum atomic E-state index is -1.02. The van der Waals surface area contributed by atoms with Gasteiger partial charge in [0.1, 0.15) is 18.1 Å². The molecule has 0 spiro atoms. The molecule has 2 aromatic rings. The van der Waals surface area contributed by atoms with E-state index < -0.39 is 35.8 Å². The van der Waals surface area contributed by atoms with Crippen molar-refractivity contribution in [2.24, 2.45) is 5.92 Å². The summed E-state index contributed by atoms with van der Waals surface area (Å²) >= 11 is 0. The maximum absolute atomic E-state index is 12.8. The molecule has 14 nitrogen and oxygen atoms in total. The fourth-order valence-electron chi connectivity index (χ4n) is 4.28. The van der Waals surface area contributed by atoms with E-state index in [1.807, 2.05) is 6.92 Å². The van der Waals surface area contributed by atoms with Gasteiger partial charge in [-0.2, -0.15) is 0 Å². The van der Waals surface area contributed by atoms with E-state index in [1.165, 1.54) is 13.1 Å². The minimum Gasteiger partial charge on any atom is -0.481 e. The van der Waals surface area contributed by atoms with Crippen LogP contribution in [0.5, 0.6) is 0 Å². The van der Waals surface area contributed by atoms with Gasteiger partial charge >= 0.3 is 11.9 Å². The van der Waals surface area contributed by atoms with Crippen LogP contribution in [0.25, 0.3) is 11.3 Å². The Bertz CT molecular complexity index is 1210. The number of nitrogens with one attached hydrogen (secondary N) is 3. The van der Waals surface area contributed by atoms with Crippen molar-refractivity contribution >= 4 is 36.4 Å². The lowest BCUT2D eigenvalue weighted by molar-refractivity contribution is -0.168. The van der Waals surface area contributed by atoms with Gasteiger partial charge in [-0.05, 0) is 38.4 Å². The van der Waals surface area contributed by atoms with Crippen molar-refractivity contribution < 1.29 is 48.6 Å². The molecule has 0 aliphatic rings. The Morgan fingerprint density at radius 2 is 1.64 bits per heavy atom. The quantitative estimate of drug-likeness (QED) is 0.0442. The van der Waals surface area contributed by atoms with Crippen molar-refractivity contribution in [1.29, 1.82) is 0 Å². The van der Waals surface area contributed by atoms with Crippen molar-refractivity contribution in [2.45, 2.75) is 70.9 Å². The Kier molecular flexibility index (Phi) is 17.3. The number of benzene rings is 1. The first-order chi connectivity index (χ1) is 21.0. The monoisotopic (exact) mass is 618 g/mol. The highest BCUT2D eigenvalue weighted by Crippen LogP contribution is 2.23. The maximum Gasteiger partial charge on any atom is 0.320 e. The van der Waals surface area contributed by atoms with Gasteiger partial charge < -0.3 is 30.6 Å². The Balaban J connectivity index is 0.000000747. The summed E-state index contributed by atoms with van der Waals surface area (Å²) in [6.45, 7) is 3.71. The van der Waals surface area contributed by atoms with Gasteiger partial charge in [-0.15, -0.1) is 0 Å². The Morgan fingerprint density at radius 1 is 0.955 bits per heavy atom. The van der Waals surface area contributed by atoms with Crippen molar-refractivity contribution in [3.05, 3.63) is 47.7 Å². The van der Waals surface area contributed by atoms with E-state index in [4.69, 9.17) is 14.6 Å². The molecule has 0 saturated carbocycles. The molecule has 2 rings (SSSR count). The summed E-state index contributed by atoms with van der Waals surface area (Å²) in [5.74, 6) is -2.90. The number of hydroxylamine groups is 2. The average Bonchev–Trinajstić information content (AvgIpc) is 3.51. The van der Waals surface area contributed by atoms with Crippen LogP contribution in [0.2, 0.25) is 0 Å². The third kappa shape index (κ3) is 12.8. The van der Waals surface area contributed by atoms with Crippen LogP contribution in [0.15, 0.2) is 40.8 Å².